The van der Waals surface area contributed by atoms with Gasteiger partial charge in [-0.25, -0.2) is 4.79 Å². The quantitative estimate of drug-likeness (QED) is 0.288. The van der Waals surface area contributed by atoms with Gasteiger partial charge in [-0.2, -0.15) is 0 Å². The molecule has 4 aromatic rings. The molecular weight excluding hydrogens is 440 g/mol. The summed E-state index contributed by atoms with van der Waals surface area (Å²) >= 11 is 0. The number of benzene rings is 3. The lowest BCUT2D eigenvalue weighted by atomic mass is 9.90. The van der Waals surface area contributed by atoms with Crippen LogP contribution in [0.1, 0.15) is 40.6 Å². The van der Waals surface area contributed by atoms with Gasteiger partial charge in [0.25, 0.3) is 0 Å². The zero-order valence-electron chi connectivity index (χ0n) is 19.9. The highest BCUT2D eigenvalue weighted by molar-refractivity contribution is 5.84. The number of urea groups is 1. The number of fused-ring (bicyclic) bond motifs is 1. The van der Waals surface area contributed by atoms with Crippen LogP contribution in [0.5, 0.6) is 5.75 Å². The normalized spacial score (nSPS) is 12.6. The molecule has 0 unspecified atom stereocenters. The average molecular weight is 471 g/mol. The van der Waals surface area contributed by atoms with Gasteiger partial charge in [-0.3, -0.25) is 4.79 Å². The fourth-order valence-corrected chi connectivity index (χ4v) is 4.41. The Hall–Kier alpha value is -4.26. The van der Waals surface area contributed by atoms with Crippen molar-refractivity contribution in [2.45, 2.75) is 25.3 Å². The van der Waals surface area contributed by atoms with Gasteiger partial charge in [0, 0.05) is 29.6 Å². The van der Waals surface area contributed by atoms with E-state index in [1.54, 1.807) is 7.11 Å². The van der Waals surface area contributed by atoms with Crippen LogP contribution in [0.25, 0.3) is 10.9 Å². The molecule has 7 nitrogen and oxygen atoms in total. The minimum Gasteiger partial charge on any atom is -0.497 e. The van der Waals surface area contributed by atoms with Crippen molar-refractivity contribution in [3.05, 3.63) is 101 Å². The molecule has 1 heterocycles. The van der Waals surface area contributed by atoms with Gasteiger partial charge in [0.15, 0.2) is 0 Å². The molecule has 0 radical (unpaired) electrons. The van der Waals surface area contributed by atoms with E-state index in [0.29, 0.717) is 6.54 Å². The second kappa shape index (κ2) is 10.8. The number of ether oxygens (including phenoxy) is 1. The molecule has 0 aliphatic rings. The Labute approximate surface area is 204 Å². The number of methoxy groups -OCH3 is 1. The van der Waals surface area contributed by atoms with E-state index in [2.05, 4.69) is 21.7 Å². The first kappa shape index (κ1) is 23.9. The third kappa shape index (κ3) is 5.81. The number of amides is 3. The molecule has 0 aliphatic carbocycles. The summed E-state index contributed by atoms with van der Waals surface area (Å²) in [5.41, 5.74) is 10.5. The summed E-state index contributed by atoms with van der Waals surface area (Å²) in [4.78, 5) is 28.0. The van der Waals surface area contributed by atoms with Gasteiger partial charge in [-0.1, -0.05) is 60.2 Å². The molecule has 1 aromatic heterocycles. The molecule has 35 heavy (non-hydrogen) atoms. The SMILES string of the molecule is COc1ccc([C@H](CNC(=O)C[C@H](NC(N)=O)c2cccc(C)c2)c2c[nH]c3ccccc23)cc1. The maximum atomic E-state index is 13.0. The van der Waals surface area contributed by atoms with Gasteiger partial charge in [-0.05, 0) is 41.8 Å². The Bertz CT molecular complexity index is 1310. The number of hydrogen-bond donors (Lipinski definition) is 4. The average Bonchev–Trinajstić information content (AvgIpc) is 3.28. The number of hydrogen-bond acceptors (Lipinski definition) is 3. The van der Waals surface area contributed by atoms with Crippen LogP contribution in [0.2, 0.25) is 0 Å². The van der Waals surface area contributed by atoms with Gasteiger partial charge < -0.3 is 26.1 Å². The molecule has 4 rings (SSSR count). The topological polar surface area (TPSA) is 109 Å². The molecule has 5 N–H and O–H groups in total. The van der Waals surface area contributed by atoms with Crippen LogP contribution in [0.4, 0.5) is 4.79 Å². The molecule has 3 amide bonds. The number of nitrogens with one attached hydrogen (secondary N) is 3. The largest absolute Gasteiger partial charge is 0.497 e. The number of aromatic nitrogens is 1. The lowest BCUT2D eigenvalue weighted by molar-refractivity contribution is -0.121. The van der Waals surface area contributed by atoms with Gasteiger partial charge in [0.1, 0.15) is 5.75 Å². The highest BCUT2D eigenvalue weighted by Crippen LogP contribution is 2.31. The van der Waals surface area contributed by atoms with Crippen LogP contribution in [-0.4, -0.2) is 30.6 Å². The van der Waals surface area contributed by atoms with Crippen molar-refractivity contribution in [2.75, 3.05) is 13.7 Å². The Morgan fingerprint density at radius 3 is 2.49 bits per heavy atom. The van der Waals surface area contributed by atoms with E-state index in [9.17, 15) is 9.59 Å². The van der Waals surface area contributed by atoms with Crippen molar-refractivity contribution < 1.29 is 14.3 Å². The van der Waals surface area contributed by atoms with Crippen LogP contribution in [0.15, 0.2) is 79.0 Å². The number of aryl methyl sites for hydroxylation is 1. The molecule has 0 saturated carbocycles. The van der Waals surface area contributed by atoms with E-state index in [4.69, 9.17) is 10.5 Å². The van der Waals surface area contributed by atoms with Crippen molar-refractivity contribution in [3.8, 4) is 5.75 Å². The summed E-state index contributed by atoms with van der Waals surface area (Å²) in [5, 5.41) is 6.88. The molecular formula is C28H30N4O3. The summed E-state index contributed by atoms with van der Waals surface area (Å²) in [7, 11) is 1.64. The predicted molar refractivity (Wildman–Crippen MR) is 137 cm³/mol. The standard InChI is InChI=1S/C28H30N4O3/c1-18-6-5-7-20(14-18)26(32-28(29)34)15-27(33)31-16-23(19-10-12-21(35-2)13-11-19)24-17-30-25-9-4-3-8-22(24)25/h3-14,17,23,26,30H,15-16H2,1-2H3,(H,31,33)(H3,29,32,34)/t23-,26-/m0/s1. The van der Waals surface area contributed by atoms with Crippen LogP contribution in [0.3, 0.4) is 0 Å². The number of para-hydroxylation sites is 1. The number of carbonyl (C=O) groups excluding carboxylic acids is 2. The smallest absolute Gasteiger partial charge is 0.312 e. The van der Waals surface area contributed by atoms with Crippen molar-refractivity contribution in [2.24, 2.45) is 5.73 Å². The first-order chi connectivity index (χ1) is 16.9. The second-order valence-electron chi connectivity index (χ2n) is 8.60. The maximum absolute atomic E-state index is 13.0. The van der Waals surface area contributed by atoms with E-state index in [1.165, 1.54) is 0 Å². The van der Waals surface area contributed by atoms with Gasteiger partial charge in [0.05, 0.1) is 19.6 Å². The second-order valence-corrected chi connectivity index (χ2v) is 8.60. The maximum Gasteiger partial charge on any atom is 0.312 e. The zero-order chi connectivity index (χ0) is 24.8. The van der Waals surface area contributed by atoms with Crippen molar-refractivity contribution in [1.29, 1.82) is 0 Å². The van der Waals surface area contributed by atoms with E-state index < -0.39 is 12.1 Å². The van der Waals surface area contributed by atoms with Gasteiger partial charge in [-0.15, -0.1) is 0 Å². The van der Waals surface area contributed by atoms with Crippen molar-refractivity contribution >= 4 is 22.8 Å². The first-order valence-corrected chi connectivity index (χ1v) is 11.5. The van der Waals surface area contributed by atoms with E-state index in [-0.39, 0.29) is 18.2 Å². The van der Waals surface area contributed by atoms with E-state index in [1.807, 2.05) is 79.9 Å². The number of primary amides is 1. The molecule has 3 aromatic carbocycles. The molecule has 180 valence electrons. The molecule has 0 aliphatic heterocycles. The highest BCUT2D eigenvalue weighted by atomic mass is 16.5. The number of H-pyrrole nitrogens is 1. The zero-order valence-corrected chi connectivity index (χ0v) is 19.9. The van der Waals surface area contributed by atoms with E-state index in [0.717, 1.165) is 38.9 Å². The number of aromatic amines is 1. The fourth-order valence-electron chi connectivity index (χ4n) is 4.41. The van der Waals surface area contributed by atoms with Crippen LogP contribution in [-0.2, 0) is 4.79 Å². The lowest BCUT2D eigenvalue weighted by Crippen LogP contribution is -2.37. The summed E-state index contributed by atoms with van der Waals surface area (Å²) in [6, 6.07) is 22.5. The lowest BCUT2D eigenvalue weighted by Gasteiger charge is -2.21. The van der Waals surface area contributed by atoms with Crippen molar-refractivity contribution in [1.82, 2.24) is 15.6 Å². The summed E-state index contributed by atoms with van der Waals surface area (Å²) in [5.74, 6) is 0.514. The Kier molecular flexibility index (Phi) is 7.35. The summed E-state index contributed by atoms with van der Waals surface area (Å²) in [6.07, 6.45) is 2.07. The highest BCUT2D eigenvalue weighted by Gasteiger charge is 2.22. The fraction of sp³-hybridized carbons (Fsp3) is 0.214. The number of carbonyl (C=O) groups is 2. The van der Waals surface area contributed by atoms with Crippen molar-refractivity contribution in [3.63, 3.8) is 0 Å². The summed E-state index contributed by atoms with van der Waals surface area (Å²) in [6.45, 7) is 2.36. The minimum atomic E-state index is -0.667. The van der Waals surface area contributed by atoms with E-state index >= 15 is 0 Å². The van der Waals surface area contributed by atoms with Crippen LogP contribution >= 0.6 is 0 Å². The van der Waals surface area contributed by atoms with Crippen LogP contribution in [0, 0.1) is 6.92 Å². The Balaban J connectivity index is 1.55. The molecule has 7 heteroatoms. The first-order valence-electron chi connectivity index (χ1n) is 11.5. The molecule has 0 saturated heterocycles. The Morgan fingerprint density at radius 1 is 1.00 bits per heavy atom. The predicted octanol–water partition coefficient (Wildman–Crippen LogP) is 4.53. The number of nitrogens with two attached hydrogens (primary N) is 1. The summed E-state index contributed by atoms with van der Waals surface area (Å²) < 4.78 is 5.31. The minimum absolute atomic E-state index is 0.0790. The van der Waals surface area contributed by atoms with Crippen LogP contribution < -0.4 is 21.1 Å². The molecule has 0 fully saturated rings. The van der Waals surface area contributed by atoms with Gasteiger partial charge in [0.2, 0.25) is 5.91 Å². The third-order valence-corrected chi connectivity index (χ3v) is 6.17. The monoisotopic (exact) mass is 470 g/mol. The molecule has 0 spiro atoms. The number of rotatable bonds is 9. The third-order valence-electron chi connectivity index (χ3n) is 6.17. The molecule has 2 atom stereocenters. The Morgan fingerprint density at radius 2 is 1.77 bits per heavy atom. The van der Waals surface area contributed by atoms with Gasteiger partial charge >= 0.3 is 6.03 Å². The molecule has 0 bridgehead atoms.